The van der Waals surface area contributed by atoms with Crippen LogP contribution < -0.4 is 5.32 Å². The summed E-state index contributed by atoms with van der Waals surface area (Å²) in [5, 5.41) is 3.78. The number of halogens is 1. The van der Waals surface area contributed by atoms with E-state index < -0.39 is 0 Å². The summed E-state index contributed by atoms with van der Waals surface area (Å²) in [4.78, 5) is 21.5. The fraction of sp³-hybridized carbons (Fsp3) is 0.211. The molecule has 0 unspecified atom stereocenters. The number of aromatic nitrogens is 2. The van der Waals surface area contributed by atoms with Crippen molar-refractivity contribution in [2.24, 2.45) is 0 Å². The molecule has 4 nitrogen and oxygen atoms in total. The molecule has 0 aliphatic carbocycles. The molecule has 1 N–H and O–H groups in total. The predicted molar refractivity (Wildman–Crippen MR) is 99.0 cm³/mol. The standard InChI is InChI=1S/C19H18FN3OS/c1-3-16(24)22-15-11-13(9-10-21-15)19-18(23-17(4-2)25-19)12-5-7-14(20)8-6-12/h5-11H,3-4H2,1-2H3,(H,21,22,24). The lowest BCUT2D eigenvalue weighted by molar-refractivity contribution is -0.115. The average Bonchev–Trinajstić information content (AvgIpc) is 3.07. The summed E-state index contributed by atoms with van der Waals surface area (Å²) in [5.74, 6) is 0.160. The van der Waals surface area contributed by atoms with Crippen molar-refractivity contribution in [3.8, 4) is 21.7 Å². The Kier molecular flexibility index (Phi) is 5.19. The fourth-order valence-corrected chi connectivity index (χ4v) is 3.41. The van der Waals surface area contributed by atoms with E-state index >= 15 is 0 Å². The number of aryl methyl sites for hydroxylation is 1. The molecule has 0 aliphatic rings. The fourth-order valence-electron chi connectivity index (χ4n) is 2.39. The van der Waals surface area contributed by atoms with Crippen LogP contribution >= 0.6 is 11.3 Å². The lowest BCUT2D eigenvalue weighted by Crippen LogP contribution is -2.10. The Labute approximate surface area is 149 Å². The number of thiazole rings is 1. The molecule has 25 heavy (non-hydrogen) atoms. The molecule has 3 aromatic rings. The van der Waals surface area contributed by atoms with Crippen LogP contribution in [0.25, 0.3) is 21.7 Å². The highest BCUT2D eigenvalue weighted by Gasteiger charge is 2.15. The monoisotopic (exact) mass is 355 g/mol. The number of hydrogen-bond donors (Lipinski definition) is 1. The lowest BCUT2D eigenvalue weighted by atomic mass is 10.1. The Morgan fingerprint density at radius 1 is 1.16 bits per heavy atom. The normalized spacial score (nSPS) is 10.7. The molecule has 128 valence electrons. The first kappa shape index (κ1) is 17.2. The zero-order valence-electron chi connectivity index (χ0n) is 14.0. The van der Waals surface area contributed by atoms with Gasteiger partial charge in [0.25, 0.3) is 0 Å². The van der Waals surface area contributed by atoms with Gasteiger partial charge in [-0.1, -0.05) is 13.8 Å². The van der Waals surface area contributed by atoms with E-state index in [1.165, 1.54) is 12.1 Å². The van der Waals surface area contributed by atoms with Crippen molar-refractivity contribution in [3.05, 3.63) is 53.4 Å². The summed E-state index contributed by atoms with van der Waals surface area (Å²) in [7, 11) is 0. The van der Waals surface area contributed by atoms with Crippen molar-refractivity contribution in [1.29, 1.82) is 0 Å². The zero-order chi connectivity index (χ0) is 17.8. The molecule has 0 saturated carbocycles. The van der Waals surface area contributed by atoms with Crippen LogP contribution in [0.1, 0.15) is 25.3 Å². The number of nitrogens with one attached hydrogen (secondary N) is 1. The third-order valence-electron chi connectivity index (χ3n) is 3.70. The molecule has 0 atom stereocenters. The average molecular weight is 355 g/mol. The molecule has 1 amide bonds. The first-order valence-electron chi connectivity index (χ1n) is 8.12. The molecular formula is C19H18FN3OS. The second-order valence-corrected chi connectivity index (χ2v) is 6.56. The Morgan fingerprint density at radius 3 is 2.60 bits per heavy atom. The van der Waals surface area contributed by atoms with E-state index in [-0.39, 0.29) is 11.7 Å². The number of amides is 1. The van der Waals surface area contributed by atoms with Gasteiger partial charge in [-0.15, -0.1) is 11.3 Å². The SMILES string of the molecule is CCC(=O)Nc1cc(-c2sc(CC)nc2-c2ccc(F)cc2)ccn1. The number of pyridine rings is 1. The summed E-state index contributed by atoms with van der Waals surface area (Å²) in [5.41, 5.74) is 2.61. The van der Waals surface area contributed by atoms with Crippen molar-refractivity contribution in [2.75, 3.05) is 5.32 Å². The van der Waals surface area contributed by atoms with Gasteiger partial charge in [-0.2, -0.15) is 0 Å². The van der Waals surface area contributed by atoms with Gasteiger partial charge in [0.15, 0.2) is 0 Å². The number of carbonyl (C=O) groups excluding carboxylic acids is 1. The maximum Gasteiger partial charge on any atom is 0.225 e. The first-order chi connectivity index (χ1) is 12.1. The number of rotatable bonds is 5. The first-order valence-corrected chi connectivity index (χ1v) is 8.94. The van der Waals surface area contributed by atoms with Crippen LogP contribution in [0.4, 0.5) is 10.2 Å². The van der Waals surface area contributed by atoms with Gasteiger partial charge < -0.3 is 5.32 Å². The number of carbonyl (C=O) groups is 1. The van der Waals surface area contributed by atoms with E-state index in [2.05, 4.69) is 17.2 Å². The van der Waals surface area contributed by atoms with E-state index in [0.29, 0.717) is 12.2 Å². The van der Waals surface area contributed by atoms with Crippen LogP contribution in [-0.2, 0) is 11.2 Å². The largest absolute Gasteiger partial charge is 0.311 e. The van der Waals surface area contributed by atoms with Crippen molar-refractivity contribution >= 4 is 23.1 Å². The van der Waals surface area contributed by atoms with Gasteiger partial charge in [0.1, 0.15) is 11.6 Å². The smallest absolute Gasteiger partial charge is 0.225 e. The van der Waals surface area contributed by atoms with Crippen molar-refractivity contribution < 1.29 is 9.18 Å². The summed E-state index contributed by atoms with van der Waals surface area (Å²) in [6, 6.07) is 10.1. The van der Waals surface area contributed by atoms with Gasteiger partial charge >= 0.3 is 0 Å². The zero-order valence-corrected chi connectivity index (χ0v) is 14.9. The third-order valence-corrected chi connectivity index (χ3v) is 4.95. The maximum absolute atomic E-state index is 13.2. The summed E-state index contributed by atoms with van der Waals surface area (Å²) in [6.07, 6.45) is 2.89. The minimum Gasteiger partial charge on any atom is -0.311 e. The molecule has 0 spiro atoms. The topological polar surface area (TPSA) is 54.9 Å². The molecule has 2 aromatic heterocycles. The number of anilines is 1. The summed E-state index contributed by atoms with van der Waals surface area (Å²) < 4.78 is 13.2. The Hall–Kier alpha value is -2.60. The minimum absolute atomic E-state index is 0.0815. The van der Waals surface area contributed by atoms with Gasteiger partial charge in [-0.3, -0.25) is 4.79 Å². The van der Waals surface area contributed by atoms with Gasteiger partial charge in [0.05, 0.1) is 15.6 Å². The highest BCUT2D eigenvalue weighted by molar-refractivity contribution is 7.15. The number of nitrogens with zero attached hydrogens (tertiary/aromatic N) is 2. The quantitative estimate of drug-likeness (QED) is 0.706. The van der Waals surface area contributed by atoms with Gasteiger partial charge in [0, 0.05) is 18.2 Å². The lowest BCUT2D eigenvalue weighted by Gasteiger charge is -2.06. The predicted octanol–water partition coefficient (Wildman–Crippen LogP) is 4.92. The second-order valence-electron chi connectivity index (χ2n) is 5.48. The molecule has 0 aliphatic heterocycles. The van der Waals surface area contributed by atoms with Crippen molar-refractivity contribution in [1.82, 2.24) is 9.97 Å². The Balaban J connectivity index is 2.05. The molecule has 0 radical (unpaired) electrons. The molecule has 3 rings (SSSR count). The van der Waals surface area contributed by atoms with Crippen LogP contribution in [0.2, 0.25) is 0 Å². The Morgan fingerprint density at radius 2 is 1.92 bits per heavy atom. The third kappa shape index (κ3) is 3.91. The van der Waals surface area contributed by atoms with Crippen LogP contribution in [0, 0.1) is 5.82 Å². The maximum atomic E-state index is 13.2. The summed E-state index contributed by atoms with van der Waals surface area (Å²) >= 11 is 1.60. The van der Waals surface area contributed by atoms with Crippen LogP contribution in [0.3, 0.4) is 0 Å². The van der Waals surface area contributed by atoms with Gasteiger partial charge in [-0.25, -0.2) is 14.4 Å². The van der Waals surface area contributed by atoms with E-state index in [4.69, 9.17) is 4.98 Å². The number of hydrogen-bond acceptors (Lipinski definition) is 4. The van der Waals surface area contributed by atoms with Crippen LogP contribution in [0.15, 0.2) is 42.6 Å². The number of benzene rings is 1. The van der Waals surface area contributed by atoms with Crippen LogP contribution in [0.5, 0.6) is 0 Å². The molecule has 0 saturated heterocycles. The van der Waals surface area contributed by atoms with Crippen LogP contribution in [-0.4, -0.2) is 15.9 Å². The van der Waals surface area contributed by atoms with E-state index in [0.717, 1.165) is 33.1 Å². The summed E-state index contributed by atoms with van der Waals surface area (Å²) in [6.45, 7) is 3.85. The van der Waals surface area contributed by atoms with E-state index in [9.17, 15) is 9.18 Å². The molecule has 1 aromatic carbocycles. The molecule has 2 heterocycles. The van der Waals surface area contributed by atoms with Crippen molar-refractivity contribution in [3.63, 3.8) is 0 Å². The minimum atomic E-state index is -0.273. The Bertz CT molecular complexity index is 890. The second kappa shape index (κ2) is 7.53. The molecule has 0 bridgehead atoms. The van der Waals surface area contributed by atoms with Gasteiger partial charge in [0.2, 0.25) is 5.91 Å². The van der Waals surface area contributed by atoms with E-state index in [1.807, 2.05) is 12.1 Å². The highest BCUT2D eigenvalue weighted by Crippen LogP contribution is 2.37. The van der Waals surface area contributed by atoms with Gasteiger partial charge in [-0.05, 0) is 48.4 Å². The highest BCUT2D eigenvalue weighted by atomic mass is 32.1. The van der Waals surface area contributed by atoms with E-state index in [1.54, 1.807) is 36.6 Å². The molecular weight excluding hydrogens is 337 g/mol. The molecule has 0 fully saturated rings. The molecule has 6 heteroatoms. The van der Waals surface area contributed by atoms with Crippen molar-refractivity contribution in [2.45, 2.75) is 26.7 Å².